The number of benzene rings is 4. The number of hydrogen-bond acceptors (Lipinski definition) is 8. The second-order valence-electron chi connectivity index (χ2n) is 23.1. The minimum atomic E-state index is -1.69. The molecule has 0 spiro atoms. The van der Waals surface area contributed by atoms with Crippen molar-refractivity contribution in [2.45, 2.75) is 138 Å². The quantitative estimate of drug-likeness (QED) is 0.0468. The van der Waals surface area contributed by atoms with Crippen LogP contribution in [0.2, 0.25) is 10.0 Å². The Morgan fingerprint density at radius 2 is 1.24 bits per heavy atom. The van der Waals surface area contributed by atoms with Gasteiger partial charge in [-0.2, -0.15) is 0 Å². The van der Waals surface area contributed by atoms with E-state index in [1.54, 1.807) is 60.7 Å². The van der Waals surface area contributed by atoms with Crippen molar-refractivity contribution in [2.75, 3.05) is 0 Å². The Kier molecular flexibility index (Phi) is 19.7. The molecule has 0 bridgehead atoms. The van der Waals surface area contributed by atoms with Gasteiger partial charge in [0.15, 0.2) is 11.5 Å². The van der Waals surface area contributed by atoms with Gasteiger partial charge in [0.25, 0.3) is 0 Å². The molecule has 4 fully saturated rings. The zero-order valence-corrected chi connectivity index (χ0v) is 47.7. The summed E-state index contributed by atoms with van der Waals surface area (Å²) in [5, 5.41) is 60.0. The Hall–Kier alpha value is -3.29. The fourth-order valence-corrected chi connectivity index (χ4v) is 15.2. The van der Waals surface area contributed by atoms with E-state index in [9.17, 15) is 39.9 Å². The number of rotatable bonds is 20. The maximum Gasteiger partial charge on any atom is 0.488 e. The molecule has 4 aromatic carbocycles. The van der Waals surface area contributed by atoms with Crippen LogP contribution < -0.4 is 20.4 Å². The zero-order chi connectivity index (χ0) is 52.4. The number of halogens is 2. The van der Waals surface area contributed by atoms with Gasteiger partial charge in [-0.1, -0.05) is 132 Å². The maximum absolute atomic E-state index is 13.0. The average Bonchev–Trinajstić information content (AvgIpc) is 3.71. The molecule has 0 heterocycles. The summed E-state index contributed by atoms with van der Waals surface area (Å²) >= 11 is 13.9. The number of carboxylic acids is 2. The number of ether oxygens (including phenoxy) is 2. The topological polar surface area (TPSA) is 174 Å². The van der Waals surface area contributed by atoms with Crippen LogP contribution in [0.5, 0.6) is 11.5 Å². The van der Waals surface area contributed by atoms with Gasteiger partial charge in [-0.25, -0.2) is 9.59 Å². The van der Waals surface area contributed by atoms with Crippen molar-refractivity contribution in [3.8, 4) is 11.5 Å². The summed E-state index contributed by atoms with van der Waals surface area (Å²) in [7, 11) is -3.38. The largest absolute Gasteiger partial charge is 0.488 e. The number of carbonyl (C=O) groups is 2. The molecule has 4 aliphatic carbocycles. The molecule has 0 amide bonds. The monoisotopic (exact) mass is 1060 g/mol. The Morgan fingerprint density at radius 3 is 1.77 bits per heavy atom. The van der Waals surface area contributed by atoms with E-state index in [-0.39, 0.29) is 86.4 Å². The molecule has 6 N–H and O–H groups in total. The smallest absolute Gasteiger partial charge is 0.486 e. The molecule has 8 rings (SSSR count). The van der Waals surface area contributed by atoms with Gasteiger partial charge in [-0.3, -0.25) is 0 Å². The van der Waals surface area contributed by atoms with Crippen molar-refractivity contribution in [3.05, 3.63) is 122 Å². The summed E-state index contributed by atoms with van der Waals surface area (Å²) in [5.74, 6) is 3.32. The number of aromatic carboxylic acids is 2. The van der Waals surface area contributed by atoms with Crippen molar-refractivity contribution in [1.82, 2.24) is 0 Å². The predicted molar refractivity (Wildman–Crippen MR) is 297 cm³/mol. The van der Waals surface area contributed by atoms with Gasteiger partial charge in [0.05, 0.1) is 10.0 Å². The minimum Gasteiger partial charge on any atom is -0.486 e. The Morgan fingerprint density at radius 1 is 0.703 bits per heavy atom. The Bertz CT molecular complexity index is 2540. The van der Waals surface area contributed by atoms with E-state index < -0.39 is 26.2 Å². The van der Waals surface area contributed by atoms with Gasteiger partial charge in [0, 0.05) is 29.6 Å². The van der Waals surface area contributed by atoms with Gasteiger partial charge in [-0.05, 0) is 192 Å². The summed E-state index contributed by atoms with van der Waals surface area (Å²) in [6.45, 7) is 12.3. The van der Waals surface area contributed by atoms with Crippen molar-refractivity contribution in [3.63, 3.8) is 0 Å². The standard InChI is InChI=1S/C59H74B2Cl2O10.Na/c1-35(2)10-6-11-36(3)49-20-21-50-46-19-18-42-26-37(22-24-58(42,4)51(46)23-25-59(49,50)5)12-9-17-45(40-29-47(56(64)65)54(52(62)31-40)72-33-38-13-7-15-43(27-38)60(68)69)41-30-48(57(66)67)55(53(63)32-41)73-34-39-14-8-16-44(28-39)61(70)71;/h7-8,13-17,27-32,35-37,42,46,49-51,68-71H,6,9-12,18-26,33-34H2,1-5H3,(H,64,65)(H,66,67);/t36?,37-,42-,46-,49+,50-,51-,58-,59+;/m0./s1. The predicted octanol–water partition coefficient (Wildman–Crippen LogP) is 11.5. The minimum absolute atomic E-state index is 0. The molecule has 15 heteroatoms. The van der Waals surface area contributed by atoms with Crippen LogP contribution in [-0.4, -0.2) is 86.0 Å². The summed E-state index contributed by atoms with van der Waals surface area (Å²) in [6, 6.07) is 19.1. The van der Waals surface area contributed by atoms with Gasteiger partial charge >= 0.3 is 26.2 Å². The molecular formula is C59H74B2Cl2NaO10. The summed E-state index contributed by atoms with van der Waals surface area (Å²) in [4.78, 5) is 26.0. The van der Waals surface area contributed by atoms with E-state index in [1.807, 2.05) is 6.08 Å². The number of allylic oxidation sites excluding steroid dienone is 1. The van der Waals surface area contributed by atoms with Crippen LogP contribution >= 0.6 is 23.2 Å². The first-order valence-electron chi connectivity index (χ1n) is 26.8. The normalized spacial score (nSPS) is 25.4. The van der Waals surface area contributed by atoms with Crippen molar-refractivity contribution in [2.24, 2.45) is 58.2 Å². The van der Waals surface area contributed by atoms with Crippen LogP contribution in [0, 0.1) is 58.2 Å². The maximum atomic E-state index is 13.0. The molecule has 1 unspecified atom stereocenters. The van der Waals surface area contributed by atoms with Crippen molar-refractivity contribution >= 4 is 95.4 Å². The van der Waals surface area contributed by atoms with Crippen LogP contribution in [0.1, 0.15) is 167 Å². The van der Waals surface area contributed by atoms with E-state index in [4.69, 9.17) is 32.7 Å². The molecule has 391 valence electrons. The van der Waals surface area contributed by atoms with E-state index >= 15 is 0 Å². The average molecular weight is 1060 g/mol. The van der Waals surface area contributed by atoms with Gasteiger partial charge in [0.2, 0.25) is 0 Å². The molecular weight excluding hydrogens is 984 g/mol. The van der Waals surface area contributed by atoms with E-state index in [0.717, 1.165) is 48.3 Å². The summed E-state index contributed by atoms with van der Waals surface area (Å²) < 4.78 is 12.0. The fourth-order valence-electron chi connectivity index (χ4n) is 14.6. The molecule has 0 saturated heterocycles. The van der Waals surface area contributed by atoms with Gasteiger partial charge in [0.1, 0.15) is 24.3 Å². The first-order chi connectivity index (χ1) is 34.8. The van der Waals surface area contributed by atoms with Crippen LogP contribution in [0.25, 0.3) is 5.57 Å². The summed E-state index contributed by atoms with van der Waals surface area (Å²) in [5.41, 5.74) is 3.44. The third kappa shape index (κ3) is 12.8. The Balaban J connectivity index is 0.00000800. The van der Waals surface area contributed by atoms with E-state index in [2.05, 4.69) is 34.6 Å². The van der Waals surface area contributed by atoms with Crippen molar-refractivity contribution < 1.29 is 49.4 Å². The first kappa shape index (κ1) is 58.4. The SMILES string of the molecule is CC(C)CCCC(C)[C@H]1CC[C@H]2[C@@H]3CC[C@H]4C[C@@H](CCC=C(c5cc(Cl)c(OCc6cccc(B(O)O)c6)c(C(=O)O)c5)c5cc(Cl)c(OCc6cccc(B(O)O)c6)c(C(=O)O)c5)CC[C@]4(C)[C@H]3CC[C@]12C.[Na]. The van der Waals surface area contributed by atoms with Gasteiger partial charge < -0.3 is 39.8 Å². The second kappa shape index (κ2) is 25.0. The summed E-state index contributed by atoms with van der Waals surface area (Å²) in [6.07, 6.45) is 19.3. The second-order valence-corrected chi connectivity index (χ2v) is 23.9. The zero-order valence-electron chi connectivity index (χ0n) is 44.2. The van der Waals surface area contributed by atoms with Crippen molar-refractivity contribution in [1.29, 1.82) is 0 Å². The van der Waals surface area contributed by atoms with E-state index in [0.29, 0.717) is 56.9 Å². The Labute approximate surface area is 471 Å². The molecule has 9 atom stereocenters. The molecule has 4 aromatic rings. The molecule has 0 aliphatic heterocycles. The number of carboxylic acid groups (broad SMARTS) is 2. The van der Waals surface area contributed by atoms with Gasteiger partial charge in [-0.15, -0.1) is 0 Å². The number of hydrogen-bond donors (Lipinski definition) is 6. The van der Waals surface area contributed by atoms with Crippen LogP contribution in [-0.2, 0) is 13.2 Å². The molecule has 4 saturated carbocycles. The first-order valence-corrected chi connectivity index (χ1v) is 27.5. The number of fused-ring (bicyclic) bond motifs is 5. The van der Waals surface area contributed by atoms with E-state index in [1.165, 1.54) is 82.8 Å². The molecule has 1 radical (unpaired) electrons. The third-order valence-electron chi connectivity index (χ3n) is 18.3. The molecule has 10 nitrogen and oxygen atoms in total. The fraction of sp³-hybridized carbons (Fsp3) is 0.525. The van der Waals surface area contributed by atoms with Crippen LogP contribution in [0.3, 0.4) is 0 Å². The van der Waals surface area contributed by atoms with Crippen LogP contribution in [0.15, 0.2) is 78.9 Å². The molecule has 74 heavy (non-hydrogen) atoms. The molecule has 4 aliphatic rings. The van der Waals surface area contributed by atoms with Crippen LogP contribution in [0.4, 0.5) is 0 Å². The third-order valence-corrected chi connectivity index (χ3v) is 18.9. The molecule has 0 aromatic heterocycles.